The maximum atomic E-state index is 13.4. The summed E-state index contributed by atoms with van der Waals surface area (Å²) in [6.45, 7) is 8.10. The van der Waals surface area contributed by atoms with Crippen LogP contribution in [0.25, 0.3) is 11.0 Å². The highest BCUT2D eigenvalue weighted by Crippen LogP contribution is 2.28. The van der Waals surface area contributed by atoms with Crippen molar-refractivity contribution in [3.63, 3.8) is 0 Å². The minimum atomic E-state index is -3.65. The van der Waals surface area contributed by atoms with Crippen molar-refractivity contribution in [1.82, 2.24) is 13.4 Å². The van der Waals surface area contributed by atoms with E-state index in [4.69, 9.17) is 0 Å². The number of rotatable bonds is 3. The molecular formula is C22H28N4O3S. The van der Waals surface area contributed by atoms with E-state index in [0.717, 1.165) is 5.52 Å². The van der Waals surface area contributed by atoms with Gasteiger partial charge in [0.2, 0.25) is 10.0 Å². The van der Waals surface area contributed by atoms with Crippen LogP contribution in [0.4, 0.5) is 5.69 Å². The standard InChI is InChI=1S/C22H28N4O3S/c1-15-6-7-16(2)18(12-15)25-8-10-26(11-9-25)30(28,29)21-14-20-19(13-17(21)3)23(4)22(27)24(20)5/h6-7,12-14H,8-11H2,1-5H3. The van der Waals surface area contributed by atoms with Crippen molar-refractivity contribution in [3.05, 3.63) is 57.5 Å². The summed E-state index contributed by atoms with van der Waals surface area (Å²) in [5.74, 6) is 0. The predicted octanol–water partition coefficient (Wildman–Crippen LogP) is 2.31. The van der Waals surface area contributed by atoms with Gasteiger partial charge in [-0.1, -0.05) is 12.1 Å². The molecule has 7 nitrogen and oxygen atoms in total. The Morgan fingerprint density at radius 1 is 0.800 bits per heavy atom. The molecule has 0 unspecified atom stereocenters. The first-order valence-electron chi connectivity index (χ1n) is 10.1. The number of piperazine rings is 1. The number of benzene rings is 2. The third-order valence-corrected chi connectivity index (χ3v) is 8.17. The minimum absolute atomic E-state index is 0.166. The summed E-state index contributed by atoms with van der Waals surface area (Å²) in [7, 11) is -0.281. The molecule has 0 amide bonds. The normalized spacial score (nSPS) is 15.8. The predicted molar refractivity (Wildman–Crippen MR) is 120 cm³/mol. The van der Waals surface area contributed by atoms with Gasteiger partial charge >= 0.3 is 5.69 Å². The van der Waals surface area contributed by atoms with Crippen LogP contribution < -0.4 is 10.6 Å². The number of sulfonamides is 1. The van der Waals surface area contributed by atoms with Gasteiger partial charge in [0.1, 0.15) is 0 Å². The van der Waals surface area contributed by atoms with E-state index in [1.807, 2.05) is 0 Å². The second-order valence-electron chi connectivity index (χ2n) is 8.19. The lowest BCUT2D eigenvalue weighted by molar-refractivity contribution is 0.384. The maximum absolute atomic E-state index is 13.4. The Morgan fingerprint density at radius 2 is 1.40 bits per heavy atom. The first kappa shape index (κ1) is 20.7. The van der Waals surface area contributed by atoms with Crippen LogP contribution in [-0.2, 0) is 24.1 Å². The highest BCUT2D eigenvalue weighted by Gasteiger charge is 2.31. The molecule has 0 saturated carbocycles. The van der Waals surface area contributed by atoms with Crippen molar-refractivity contribution in [2.75, 3.05) is 31.1 Å². The van der Waals surface area contributed by atoms with Gasteiger partial charge in [0, 0.05) is 46.0 Å². The Kier molecular flexibility index (Phi) is 5.02. The highest BCUT2D eigenvalue weighted by molar-refractivity contribution is 7.89. The third-order valence-electron chi connectivity index (χ3n) is 6.13. The fourth-order valence-electron chi connectivity index (χ4n) is 4.28. The monoisotopic (exact) mass is 428 g/mol. The van der Waals surface area contributed by atoms with Crippen molar-refractivity contribution in [1.29, 1.82) is 0 Å². The van der Waals surface area contributed by atoms with E-state index in [-0.39, 0.29) is 10.6 Å². The Morgan fingerprint density at radius 3 is 2.03 bits per heavy atom. The van der Waals surface area contributed by atoms with Gasteiger partial charge in [-0.05, 0) is 55.7 Å². The summed E-state index contributed by atoms with van der Waals surface area (Å²) in [6.07, 6.45) is 0. The zero-order chi connectivity index (χ0) is 21.8. The second-order valence-corrected chi connectivity index (χ2v) is 10.1. The first-order chi connectivity index (χ1) is 14.1. The molecule has 160 valence electrons. The van der Waals surface area contributed by atoms with Crippen molar-refractivity contribution in [2.45, 2.75) is 25.7 Å². The van der Waals surface area contributed by atoms with Gasteiger partial charge in [0.25, 0.3) is 0 Å². The van der Waals surface area contributed by atoms with Crippen LogP contribution in [-0.4, -0.2) is 48.0 Å². The molecule has 1 aromatic heterocycles. The molecular weight excluding hydrogens is 400 g/mol. The van der Waals surface area contributed by atoms with Gasteiger partial charge in [-0.3, -0.25) is 9.13 Å². The van der Waals surface area contributed by atoms with Crippen LogP contribution in [0.15, 0.2) is 40.0 Å². The molecule has 2 heterocycles. The average Bonchev–Trinajstić information content (AvgIpc) is 2.93. The fraction of sp³-hybridized carbons (Fsp3) is 0.409. The Bertz CT molecular complexity index is 1300. The number of anilines is 1. The maximum Gasteiger partial charge on any atom is 0.328 e. The van der Waals surface area contributed by atoms with E-state index in [0.29, 0.717) is 37.3 Å². The van der Waals surface area contributed by atoms with Gasteiger partial charge in [0.15, 0.2) is 0 Å². The van der Waals surface area contributed by atoms with Gasteiger partial charge in [-0.2, -0.15) is 4.31 Å². The topological polar surface area (TPSA) is 67.6 Å². The lowest BCUT2D eigenvalue weighted by Gasteiger charge is -2.36. The molecule has 0 aliphatic carbocycles. The Hall–Kier alpha value is -2.58. The summed E-state index contributed by atoms with van der Waals surface area (Å²) < 4.78 is 31.5. The van der Waals surface area contributed by atoms with E-state index in [2.05, 4.69) is 36.9 Å². The molecule has 0 bridgehead atoms. The largest absolute Gasteiger partial charge is 0.369 e. The van der Waals surface area contributed by atoms with E-state index < -0.39 is 10.0 Å². The van der Waals surface area contributed by atoms with Gasteiger partial charge in [-0.25, -0.2) is 13.2 Å². The van der Waals surface area contributed by atoms with Crippen LogP contribution in [0.3, 0.4) is 0 Å². The number of hydrogen-bond acceptors (Lipinski definition) is 4. The summed E-state index contributed by atoms with van der Waals surface area (Å²) in [5, 5.41) is 0. The van der Waals surface area contributed by atoms with E-state index in [1.54, 1.807) is 42.0 Å². The summed E-state index contributed by atoms with van der Waals surface area (Å²) in [6, 6.07) is 9.79. The molecule has 3 aromatic rings. The molecule has 0 atom stereocenters. The third kappa shape index (κ3) is 3.24. The SMILES string of the molecule is Cc1ccc(C)c(N2CCN(S(=O)(=O)c3cc4c(cc3C)n(C)c(=O)n4C)CC2)c1. The lowest BCUT2D eigenvalue weighted by Crippen LogP contribution is -2.49. The quantitative estimate of drug-likeness (QED) is 0.642. The van der Waals surface area contributed by atoms with E-state index in [9.17, 15) is 13.2 Å². The summed E-state index contributed by atoms with van der Waals surface area (Å²) in [5.41, 5.74) is 5.41. The molecule has 4 rings (SSSR count). The zero-order valence-electron chi connectivity index (χ0n) is 18.1. The number of hydrogen-bond donors (Lipinski definition) is 0. The smallest absolute Gasteiger partial charge is 0.328 e. The van der Waals surface area contributed by atoms with Crippen LogP contribution in [0.2, 0.25) is 0 Å². The highest BCUT2D eigenvalue weighted by atomic mass is 32.2. The number of nitrogens with zero attached hydrogens (tertiary/aromatic N) is 4. The molecule has 8 heteroatoms. The van der Waals surface area contributed by atoms with Gasteiger partial charge < -0.3 is 4.90 Å². The number of aryl methyl sites for hydroxylation is 5. The molecule has 1 saturated heterocycles. The molecule has 0 spiro atoms. The van der Waals surface area contributed by atoms with Crippen molar-refractivity contribution < 1.29 is 8.42 Å². The Labute approximate surface area is 177 Å². The lowest BCUT2D eigenvalue weighted by atomic mass is 10.1. The van der Waals surface area contributed by atoms with Crippen LogP contribution in [0.5, 0.6) is 0 Å². The van der Waals surface area contributed by atoms with Crippen molar-refractivity contribution in [2.24, 2.45) is 14.1 Å². The van der Waals surface area contributed by atoms with Gasteiger partial charge in [0.05, 0.1) is 15.9 Å². The number of imidazole rings is 1. The molecule has 0 N–H and O–H groups in total. The average molecular weight is 429 g/mol. The molecule has 30 heavy (non-hydrogen) atoms. The molecule has 1 fully saturated rings. The molecule has 2 aromatic carbocycles. The number of fused-ring (bicyclic) bond motifs is 1. The second kappa shape index (κ2) is 7.28. The zero-order valence-corrected chi connectivity index (χ0v) is 19.0. The summed E-state index contributed by atoms with van der Waals surface area (Å²) >= 11 is 0. The van der Waals surface area contributed by atoms with Crippen molar-refractivity contribution >= 4 is 26.7 Å². The van der Waals surface area contributed by atoms with Crippen LogP contribution in [0.1, 0.15) is 16.7 Å². The number of aromatic nitrogens is 2. The molecule has 1 aliphatic rings. The van der Waals surface area contributed by atoms with E-state index >= 15 is 0 Å². The van der Waals surface area contributed by atoms with Crippen LogP contribution >= 0.6 is 0 Å². The first-order valence-corrected chi connectivity index (χ1v) is 11.5. The van der Waals surface area contributed by atoms with Crippen LogP contribution in [0, 0.1) is 20.8 Å². The molecule has 1 aliphatic heterocycles. The fourth-order valence-corrected chi connectivity index (χ4v) is 5.93. The van der Waals surface area contributed by atoms with Gasteiger partial charge in [-0.15, -0.1) is 0 Å². The summed E-state index contributed by atoms with van der Waals surface area (Å²) in [4.78, 5) is 14.8. The van der Waals surface area contributed by atoms with E-state index in [1.165, 1.54) is 21.4 Å². The minimum Gasteiger partial charge on any atom is -0.369 e. The van der Waals surface area contributed by atoms with Crippen molar-refractivity contribution in [3.8, 4) is 0 Å². The molecule has 0 radical (unpaired) electrons. The Balaban J connectivity index is 1.64.